The molecule has 0 spiro atoms. The summed E-state index contributed by atoms with van der Waals surface area (Å²) in [4.78, 5) is 13.8. The van der Waals surface area contributed by atoms with Crippen LogP contribution in [0.25, 0.3) is 0 Å². The van der Waals surface area contributed by atoms with Crippen molar-refractivity contribution in [2.45, 2.75) is 13.3 Å². The van der Waals surface area contributed by atoms with Gasteiger partial charge in [0, 0.05) is 19.7 Å². The highest BCUT2D eigenvalue weighted by Gasteiger charge is 2.10. The SMILES string of the molecule is CCN(CCCO)c1nc(N)nc(OC)n1. The third-order valence-electron chi connectivity index (χ3n) is 2.05. The number of nitrogens with two attached hydrogens (primary N) is 1. The van der Waals surface area contributed by atoms with Gasteiger partial charge < -0.3 is 20.5 Å². The molecule has 0 aliphatic rings. The van der Waals surface area contributed by atoms with Gasteiger partial charge in [0.25, 0.3) is 0 Å². The van der Waals surface area contributed by atoms with E-state index < -0.39 is 0 Å². The van der Waals surface area contributed by atoms with E-state index in [4.69, 9.17) is 15.6 Å². The molecule has 0 aromatic carbocycles. The summed E-state index contributed by atoms with van der Waals surface area (Å²) in [6.45, 7) is 3.50. The second-order valence-electron chi connectivity index (χ2n) is 3.14. The minimum atomic E-state index is 0.129. The molecule has 1 aromatic rings. The van der Waals surface area contributed by atoms with Gasteiger partial charge in [0.15, 0.2) is 0 Å². The predicted octanol–water partition coefficient (Wildman–Crippen LogP) is -0.329. The molecular formula is C9H17N5O2. The number of aliphatic hydroxyl groups excluding tert-OH is 1. The molecule has 16 heavy (non-hydrogen) atoms. The van der Waals surface area contributed by atoms with Crippen molar-refractivity contribution in [2.24, 2.45) is 0 Å². The smallest absolute Gasteiger partial charge is 0.322 e. The van der Waals surface area contributed by atoms with Crippen molar-refractivity contribution in [2.75, 3.05) is 37.4 Å². The molecule has 0 saturated carbocycles. The topological polar surface area (TPSA) is 97.4 Å². The van der Waals surface area contributed by atoms with Crippen LogP contribution in [0.1, 0.15) is 13.3 Å². The van der Waals surface area contributed by atoms with Gasteiger partial charge in [-0.2, -0.15) is 15.0 Å². The van der Waals surface area contributed by atoms with E-state index in [1.54, 1.807) is 0 Å². The third kappa shape index (κ3) is 3.20. The number of aliphatic hydroxyl groups is 1. The molecule has 7 nitrogen and oxygen atoms in total. The lowest BCUT2D eigenvalue weighted by Gasteiger charge is -2.20. The van der Waals surface area contributed by atoms with E-state index in [0.717, 1.165) is 6.54 Å². The molecule has 0 atom stereocenters. The first-order valence-electron chi connectivity index (χ1n) is 5.12. The Morgan fingerprint density at radius 1 is 1.38 bits per heavy atom. The van der Waals surface area contributed by atoms with Crippen molar-refractivity contribution >= 4 is 11.9 Å². The summed E-state index contributed by atoms with van der Waals surface area (Å²) in [5.74, 6) is 0.601. The summed E-state index contributed by atoms with van der Waals surface area (Å²) >= 11 is 0. The molecule has 0 saturated heterocycles. The van der Waals surface area contributed by atoms with Crippen LogP contribution in [0.2, 0.25) is 0 Å². The Balaban J connectivity index is 2.86. The van der Waals surface area contributed by atoms with Crippen molar-refractivity contribution in [1.29, 1.82) is 0 Å². The molecule has 0 aliphatic heterocycles. The van der Waals surface area contributed by atoms with E-state index in [-0.39, 0.29) is 18.6 Å². The number of nitrogen functional groups attached to an aromatic ring is 1. The molecule has 1 aromatic heterocycles. The lowest BCUT2D eigenvalue weighted by atomic mass is 10.4. The van der Waals surface area contributed by atoms with Crippen LogP contribution in [-0.4, -0.2) is 46.9 Å². The van der Waals surface area contributed by atoms with Crippen LogP contribution in [0.15, 0.2) is 0 Å². The van der Waals surface area contributed by atoms with Gasteiger partial charge >= 0.3 is 6.01 Å². The quantitative estimate of drug-likeness (QED) is 0.686. The maximum atomic E-state index is 8.78. The van der Waals surface area contributed by atoms with Crippen LogP contribution in [-0.2, 0) is 0 Å². The zero-order valence-corrected chi connectivity index (χ0v) is 9.55. The number of hydrogen-bond donors (Lipinski definition) is 2. The minimum absolute atomic E-state index is 0.129. The number of anilines is 2. The number of rotatable bonds is 6. The van der Waals surface area contributed by atoms with Crippen LogP contribution in [0, 0.1) is 0 Å². The third-order valence-corrected chi connectivity index (χ3v) is 2.05. The first kappa shape index (κ1) is 12.4. The Morgan fingerprint density at radius 3 is 2.69 bits per heavy atom. The lowest BCUT2D eigenvalue weighted by Crippen LogP contribution is -2.27. The Bertz CT molecular complexity index is 334. The Morgan fingerprint density at radius 2 is 2.12 bits per heavy atom. The molecule has 1 heterocycles. The zero-order chi connectivity index (χ0) is 12.0. The summed E-state index contributed by atoms with van der Waals surface area (Å²) in [6, 6.07) is 0.199. The second kappa shape index (κ2) is 6.06. The van der Waals surface area contributed by atoms with E-state index in [0.29, 0.717) is 18.9 Å². The molecule has 7 heteroatoms. The first-order valence-corrected chi connectivity index (χ1v) is 5.12. The van der Waals surface area contributed by atoms with Gasteiger partial charge in [-0.05, 0) is 13.3 Å². The van der Waals surface area contributed by atoms with Crippen molar-refractivity contribution in [1.82, 2.24) is 15.0 Å². The second-order valence-corrected chi connectivity index (χ2v) is 3.14. The molecule has 90 valence electrons. The summed E-state index contributed by atoms with van der Waals surface area (Å²) in [7, 11) is 1.47. The largest absolute Gasteiger partial charge is 0.467 e. The Kier molecular flexibility index (Phi) is 4.71. The highest BCUT2D eigenvalue weighted by Crippen LogP contribution is 2.12. The van der Waals surface area contributed by atoms with E-state index >= 15 is 0 Å². The number of ether oxygens (including phenoxy) is 1. The maximum Gasteiger partial charge on any atom is 0.322 e. The average molecular weight is 227 g/mol. The number of methoxy groups -OCH3 is 1. The fraction of sp³-hybridized carbons (Fsp3) is 0.667. The average Bonchev–Trinajstić information content (AvgIpc) is 2.29. The van der Waals surface area contributed by atoms with Crippen molar-refractivity contribution < 1.29 is 9.84 Å². The molecular weight excluding hydrogens is 210 g/mol. The molecule has 0 bridgehead atoms. The summed E-state index contributed by atoms with van der Waals surface area (Å²) < 4.78 is 4.92. The molecule has 0 fully saturated rings. The van der Waals surface area contributed by atoms with Crippen molar-refractivity contribution in [3.05, 3.63) is 0 Å². The molecule has 0 aliphatic carbocycles. The maximum absolute atomic E-state index is 8.78. The van der Waals surface area contributed by atoms with Crippen LogP contribution in [0.3, 0.4) is 0 Å². The monoisotopic (exact) mass is 227 g/mol. The van der Waals surface area contributed by atoms with Gasteiger partial charge in [-0.1, -0.05) is 0 Å². The first-order chi connectivity index (χ1) is 7.71. The summed E-state index contributed by atoms with van der Waals surface area (Å²) in [5.41, 5.74) is 5.54. The van der Waals surface area contributed by atoms with Gasteiger partial charge in [0.05, 0.1) is 7.11 Å². The van der Waals surface area contributed by atoms with E-state index in [1.165, 1.54) is 7.11 Å². The van der Waals surface area contributed by atoms with Crippen LogP contribution in [0.4, 0.5) is 11.9 Å². The van der Waals surface area contributed by atoms with Gasteiger partial charge in [-0.15, -0.1) is 0 Å². The van der Waals surface area contributed by atoms with Crippen LogP contribution >= 0.6 is 0 Å². The van der Waals surface area contributed by atoms with Crippen LogP contribution in [0.5, 0.6) is 6.01 Å². The highest BCUT2D eigenvalue weighted by atomic mass is 16.5. The molecule has 0 radical (unpaired) electrons. The van der Waals surface area contributed by atoms with Crippen molar-refractivity contribution in [3.63, 3.8) is 0 Å². The molecule has 1 rings (SSSR count). The predicted molar refractivity (Wildman–Crippen MR) is 60.4 cm³/mol. The Hall–Kier alpha value is -1.63. The lowest BCUT2D eigenvalue weighted by molar-refractivity contribution is 0.289. The minimum Gasteiger partial charge on any atom is -0.467 e. The van der Waals surface area contributed by atoms with Gasteiger partial charge in [-0.25, -0.2) is 0 Å². The zero-order valence-electron chi connectivity index (χ0n) is 9.55. The van der Waals surface area contributed by atoms with E-state index in [1.807, 2.05) is 11.8 Å². The number of aromatic nitrogens is 3. The fourth-order valence-electron chi connectivity index (χ4n) is 1.25. The van der Waals surface area contributed by atoms with Gasteiger partial charge in [0.1, 0.15) is 0 Å². The number of hydrogen-bond acceptors (Lipinski definition) is 7. The molecule has 0 amide bonds. The van der Waals surface area contributed by atoms with Gasteiger partial charge in [-0.3, -0.25) is 0 Å². The highest BCUT2D eigenvalue weighted by molar-refractivity contribution is 5.35. The Labute approximate surface area is 94.3 Å². The summed E-state index contributed by atoms with van der Waals surface area (Å²) in [6.07, 6.45) is 0.655. The standard InChI is InChI=1S/C9H17N5O2/c1-3-14(5-4-6-15)8-11-7(10)12-9(13-8)16-2/h15H,3-6H2,1-2H3,(H2,10,11,12,13). The van der Waals surface area contributed by atoms with Gasteiger partial charge in [0.2, 0.25) is 11.9 Å². The normalized spacial score (nSPS) is 10.2. The number of nitrogens with zero attached hydrogens (tertiary/aromatic N) is 4. The van der Waals surface area contributed by atoms with E-state index in [9.17, 15) is 0 Å². The molecule has 3 N–H and O–H groups in total. The van der Waals surface area contributed by atoms with E-state index in [2.05, 4.69) is 15.0 Å². The van der Waals surface area contributed by atoms with Crippen LogP contribution < -0.4 is 15.4 Å². The summed E-state index contributed by atoms with van der Waals surface area (Å²) in [5, 5.41) is 8.78. The molecule has 0 unspecified atom stereocenters. The van der Waals surface area contributed by atoms with Crippen molar-refractivity contribution in [3.8, 4) is 6.01 Å². The fourth-order valence-corrected chi connectivity index (χ4v) is 1.25.